The molecule has 3 heteroatoms. The van der Waals surface area contributed by atoms with Gasteiger partial charge in [-0.15, -0.1) is 0 Å². The standard InChI is InChI=1S/C30H36OS2/c1-6-33-28(31)26-19-13-12-18-25(26)24-17-11-10-16-23(24)20-29(2,3)21-27(30(4,5)32)22-14-8-7-9-15-22/h7-19,27,32H,6,20-21H2,1-5H3. The van der Waals surface area contributed by atoms with Crippen LogP contribution in [0.25, 0.3) is 11.1 Å². The van der Waals surface area contributed by atoms with E-state index in [1.165, 1.54) is 22.9 Å². The van der Waals surface area contributed by atoms with E-state index in [0.29, 0.717) is 5.92 Å². The highest BCUT2D eigenvalue weighted by atomic mass is 32.2. The number of carbonyl (C=O) groups is 1. The third-order valence-electron chi connectivity index (χ3n) is 6.21. The van der Waals surface area contributed by atoms with Gasteiger partial charge in [0.25, 0.3) is 0 Å². The van der Waals surface area contributed by atoms with Crippen molar-refractivity contribution in [2.75, 3.05) is 5.75 Å². The maximum Gasteiger partial charge on any atom is 0.219 e. The van der Waals surface area contributed by atoms with Crippen LogP contribution < -0.4 is 0 Å². The van der Waals surface area contributed by atoms with Crippen LogP contribution in [0.15, 0.2) is 78.9 Å². The lowest BCUT2D eigenvalue weighted by molar-refractivity contribution is 0.108. The van der Waals surface area contributed by atoms with Gasteiger partial charge in [-0.3, -0.25) is 4.79 Å². The van der Waals surface area contributed by atoms with Gasteiger partial charge in [-0.05, 0) is 58.2 Å². The highest BCUT2D eigenvalue weighted by molar-refractivity contribution is 8.14. The topological polar surface area (TPSA) is 17.1 Å². The highest BCUT2D eigenvalue weighted by Crippen LogP contribution is 2.44. The Morgan fingerprint density at radius 1 is 0.848 bits per heavy atom. The Balaban J connectivity index is 1.95. The monoisotopic (exact) mass is 476 g/mol. The molecule has 0 saturated heterocycles. The molecule has 1 nitrogen and oxygen atoms in total. The van der Waals surface area contributed by atoms with Crippen molar-refractivity contribution >= 4 is 29.5 Å². The van der Waals surface area contributed by atoms with Gasteiger partial charge in [0.1, 0.15) is 0 Å². The fourth-order valence-electron chi connectivity index (χ4n) is 4.64. The first-order valence-electron chi connectivity index (χ1n) is 11.7. The molecule has 0 amide bonds. The number of benzene rings is 3. The predicted molar refractivity (Wildman–Crippen MR) is 149 cm³/mol. The van der Waals surface area contributed by atoms with Gasteiger partial charge in [-0.1, -0.05) is 119 Å². The molecule has 3 aromatic carbocycles. The van der Waals surface area contributed by atoms with Crippen molar-refractivity contribution in [3.05, 3.63) is 95.6 Å². The van der Waals surface area contributed by atoms with Crippen LogP contribution in [0.5, 0.6) is 0 Å². The molecule has 0 saturated carbocycles. The van der Waals surface area contributed by atoms with E-state index in [4.69, 9.17) is 12.6 Å². The third kappa shape index (κ3) is 6.77. The minimum Gasteiger partial charge on any atom is -0.282 e. The van der Waals surface area contributed by atoms with Crippen LogP contribution in [0.3, 0.4) is 0 Å². The van der Waals surface area contributed by atoms with Crippen molar-refractivity contribution in [3.8, 4) is 11.1 Å². The largest absolute Gasteiger partial charge is 0.282 e. The normalized spacial score (nSPS) is 13.0. The molecule has 0 N–H and O–H groups in total. The van der Waals surface area contributed by atoms with Crippen molar-refractivity contribution in [2.24, 2.45) is 5.41 Å². The van der Waals surface area contributed by atoms with Gasteiger partial charge in [0.05, 0.1) is 0 Å². The molecule has 1 atom stereocenters. The Labute approximate surface area is 209 Å². The summed E-state index contributed by atoms with van der Waals surface area (Å²) in [5.74, 6) is 1.11. The summed E-state index contributed by atoms with van der Waals surface area (Å²) in [6.07, 6.45) is 1.95. The first-order chi connectivity index (χ1) is 15.6. The maximum absolute atomic E-state index is 12.8. The number of hydrogen-bond acceptors (Lipinski definition) is 3. The molecule has 0 aromatic heterocycles. The maximum atomic E-state index is 12.8. The van der Waals surface area contributed by atoms with E-state index in [1.807, 2.05) is 25.1 Å². The SMILES string of the molecule is CCSC(=O)c1ccccc1-c1ccccc1CC(C)(C)CC(c1ccccc1)C(C)(C)S. The van der Waals surface area contributed by atoms with E-state index in [2.05, 4.69) is 88.4 Å². The van der Waals surface area contributed by atoms with Crippen molar-refractivity contribution in [1.82, 2.24) is 0 Å². The molecule has 3 rings (SSSR count). The van der Waals surface area contributed by atoms with Crippen LogP contribution in [-0.4, -0.2) is 15.6 Å². The smallest absolute Gasteiger partial charge is 0.219 e. The molecule has 0 fully saturated rings. The van der Waals surface area contributed by atoms with E-state index in [9.17, 15) is 4.79 Å². The molecule has 0 aliphatic heterocycles. The Morgan fingerprint density at radius 2 is 1.42 bits per heavy atom. The first-order valence-corrected chi connectivity index (χ1v) is 13.2. The average Bonchev–Trinajstić information content (AvgIpc) is 2.78. The lowest BCUT2D eigenvalue weighted by atomic mass is 9.71. The summed E-state index contributed by atoms with van der Waals surface area (Å²) in [5, 5.41) is 0.142. The zero-order valence-electron chi connectivity index (χ0n) is 20.5. The van der Waals surface area contributed by atoms with E-state index < -0.39 is 0 Å². The van der Waals surface area contributed by atoms with E-state index in [1.54, 1.807) is 0 Å². The minimum absolute atomic E-state index is 0.0493. The summed E-state index contributed by atoms with van der Waals surface area (Å²) in [7, 11) is 0. The second-order valence-electron chi connectivity index (χ2n) is 10.1. The summed E-state index contributed by atoms with van der Waals surface area (Å²) in [6.45, 7) is 11.1. The van der Waals surface area contributed by atoms with E-state index in [0.717, 1.165) is 35.3 Å². The molecular weight excluding hydrogens is 440 g/mol. The quantitative estimate of drug-likeness (QED) is 0.311. The molecule has 0 radical (unpaired) electrons. The van der Waals surface area contributed by atoms with Crippen LogP contribution in [0.1, 0.15) is 68.4 Å². The molecule has 0 aliphatic carbocycles. The molecule has 174 valence electrons. The van der Waals surface area contributed by atoms with Crippen molar-refractivity contribution < 1.29 is 4.79 Å². The van der Waals surface area contributed by atoms with E-state index >= 15 is 0 Å². The van der Waals surface area contributed by atoms with Crippen molar-refractivity contribution in [3.63, 3.8) is 0 Å². The van der Waals surface area contributed by atoms with E-state index in [-0.39, 0.29) is 15.3 Å². The molecular formula is C30H36OS2. The zero-order valence-corrected chi connectivity index (χ0v) is 22.2. The third-order valence-corrected chi connectivity index (χ3v) is 7.29. The number of carbonyl (C=O) groups excluding carboxylic acids is 1. The Bertz CT molecular complexity index is 1060. The second-order valence-corrected chi connectivity index (χ2v) is 12.5. The Kier molecular flexibility index (Phi) is 8.53. The van der Waals surface area contributed by atoms with Gasteiger partial charge in [-0.25, -0.2) is 0 Å². The predicted octanol–water partition coefficient (Wildman–Crippen LogP) is 8.70. The van der Waals surface area contributed by atoms with Crippen molar-refractivity contribution in [1.29, 1.82) is 0 Å². The molecule has 1 unspecified atom stereocenters. The molecule has 3 aromatic rings. The minimum atomic E-state index is -0.130. The average molecular weight is 477 g/mol. The molecule has 0 heterocycles. The summed E-state index contributed by atoms with van der Waals surface area (Å²) >= 11 is 6.37. The van der Waals surface area contributed by atoms with Gasteiger partial charge >= 0.3 is 0 Å². The van der Waals surface area contributed by atoms with Crippen LogP contribution in [0.2, 0.25) is 0 Å². The van der Waals surface area contributed by atoms with Gasteiger partial charge in [0.15, 0.2) is 0 Å². The molecule has 0 aliphatic rings. The fourth-order valence-corrected chi connectivity index (χ4v) is 5.48. The van der Waals surface area contributed by atoms with Crippen LogP contribution in [0, 0.1) is 5.41 Å². The molecule has 33 heavy (non-hydrogen) atoms. The lowest BCUT2D eigenvalue weighted by Gasteiger charge is -2.37. The molecule has 0 spiro atoms. The second kappa shape index (κ2) is 11.0. The molecule has 0 bridgehead atoms. The highest BCUT2D eigenvalue weighted by Gasteiger charge is 2.33. The zero-order chi connectivity index (χ0) is 24.1. The summed E-state index contributed by atoms with van der Waals surface area (Å²) < 4.78 is -0.130. The summed E-state index contributed by atoms with van der Waals surface area (Å²) in [6, 6.07) is 27.3. The van der Waals surface area contributed by atoms with Crippen molar-refractivity contribution in [2.45, 2.75) is 58.1 Å². The van der Waals surface area contributed by atoms with Crippen LogP contribution in [0.4, 0.5) is 0 Å². The fraction of sp³-hybridized carbons (Fsp3) is 0.367. The number of thioether (sulfide) groups is 1. The number of hydrogen-bond donors (Lipinski definition) is 1. The van der Waals surface area contributed by atoms with Gasteiger partial charge in [0, 0.05) is 10.3 Å². The van der Waals surface area contributed by atoms with Gasteiger partial charge in [-0.2, -0.15) is 12.6 Å². The van der Waals surface area contributed by atoms with Crippen LogP contribution in [-0.2, 0) is 6.42 Å². The van der Waals surface area contributed by atoms with Gasteiger partial charge in [0.2, 0.25) is 5.12 Å². The number of thiol groups is 1. The Hall–Kier alpha value is -1.97. The Morgan fingerprint density at radius 3 is 2.06 bits per heavy atom. The van der Waals surface area contributed by atoms with Crippen LogP contribution >= 0.6 is 24.4 Å². The summed E-state index contributed by atoms with van der Waals surface area (Å²) in [5.41, 5.74) is 5.66. The lowest BCUT2D eigenvalue weighted by Crippen LogP contribution is -2.29. The number of rotatable bonds is 9. The first kappa shape index (κ1) is 25.6. The summed E-state index contributed by atoms with van der Waals surface area (Å²) in [4.78, 5) is 12.8. The van der Waals surface area contributed by atoms with Gasteiger partial charge < -0.3 is 0 Å².